The van der Waals surface area contributed by atoms with Crippen molar-refractivity contribution >= 4 is 5.69 Å². The summed E-state index contributed by atoms with van der Waals surface area (Å²) in [6.07, 6.45) is 0.757. The van der Waals surface area contributed by atoms with E-state index in [2.05, 4.69) is 23.9 Å². The van der Waals surface area contributed by atoms with Gasteiger partial charge < -0.3 is 15.7 Å². The summed E-state index contributed by atoms with van der Waals surface area (Å²) >= 11 is 0. The van der Waals surface area contributed by atoms with Gasteiger partial charge in [-0.3, -0.25) is 4.90 Å². The Hall–Kier alpha value is -1.10. The summed E-state index contributed by atoms with van der Waals surface area (Å²) < 4.78 is 0. The SMILES string of the molecule is CN(C)C1CCN(CC(O)c2ccc(N)cc2)C1. The van der Waals surface area contributed by atoms with Gasteiger partial charge >= 0.3 is 0 Å². The van der Waals surface area contributed by atoms with Crippen LogP contribution >= 0.6 is 0 Å². The molecule has 0 radical (unpaired) electrons. The maximum absolute atomic E-state index is 10.2. The van der Waals surface area contributed by atoms with E-state index in [9.17, 15) is 5.11 Å². The van der Waals surface area contributed by atoms with Gasteiger partial charge in [0.15, 0.2) is 0 Å². The van der Waals surface area contributed by atoms with Crippen LogP contribution in [0.1, 0.15) is 18.1 Å². The number of nitrogens with zero attached hydrogens (tertiary/aromatic N) is 2. The van der Waals surface area contributed by atoms with E-state index in [1.165, 1.54) is 6.42 Å². The van der Waals surface area contributed by atoms with Crippen LogP contribution in [0.3, 0.4) is 0 Å². The van der Waals surface area contributed by atoms with E-state index in [0.717, 1.165) is 24.3 Å². The third-order valence-electron chi connectivity index (χ3n) is 3.73. The van der Waals surface area contributed by atoms with Crippen LogP contribution in [0.15, 0.2) is 24.3 Å². The van der Waals surface area contributed by atoms with E-state index in [1.54, 1.807) is 0 Å². The summed E-state index contributed by atoms with van der Waals surface area (Å²) in [5.74, 6) is 0. The zero-order chi connectivity index (χ0) is 13.1. The second-order valence-corrected chi connectivity index (χ2v) is 5.35. The first-order valence-electron chi connectivity index (χ1n) is 6.48. The number of likely N-dealkylation sites (tertiary alicyclic amines) is 1. The summed E-state index contributed by atoms with van der Waals surface area (Å²) in [6, 6.07) is 8.10. The average Bonchev–Trinajstić information content (AvgIpc) is 2.78. The smallest absolute Gasteiger partial charge is 0.0916 e. The molecule has 0 aliphatic carbocycles. The molecule has 1 aliphatic heterocycles. The monoisotopic (exact) mass is 249 g/mol. The number of hydrogen-bond donors (Lipinski definition) is 2. The average molecular weight is 249 g/mol. The quantitative estimate of drug-likeness (QED) is 0.780. The van der Waals surface area contributed by atoms with Crippen LogP contribution in [0.25, 0.3) is 0 Å². The highest BCUT2D eigenvalue weighted by Crippen LogP contribution is 2.20. The van der Waals surface area contributed by atoms with Crippen LogP contribution in [-0.2, 0) is 0 Å². The zero-order valence-corrected chi connectivity index (χ0v) is 11.2. The van der Waals surface area contributed by atoms with Gasteiger partial charge in [-0.1, -0.05) is 12.1 Å². The molecule has 1 fully saturated rings. The largest absolute Gasteiger partial charge is 0.399 e. The highest BCUT2D eigenvalue weighted by molar-refractivity contribution is 5.39. The molecule has 1 aromatic carbocycles. The van der Waals surface area contributed by atoms with E-state index in [1.807, 2.05) is 24.3 Å². The molecule has 1 heterocycles. The molecule has 1 aliphatic rings. The fourth-order valence-corrected chi connectivity index (χ4v) is 2.47. The molecular formula is C14H23N3O. The van der Waals surface area contributed by atoms with Crippen molar-refractivity contribution in [2.45, 2.75) is 18.6 Å². The first-order chi connectivity index (χ1) is 8.56. The minimum absolute atomic E-state index is 0.425. The molecule has 2 rings (SSSR count). The molecule has 4 nitrogen and oxygen atoms in total. The fraction of sp³-hybridized carbons (Fsp3) is 0.571. The number of aliphatic hydroxyl groups is 1. The highest BCUT2D eigenvalue weighted by atomic mass is 16.3. The lowest BCUT2D eigenvalue weighted by Crippen LogP contribution is -2.33. The molecule has 18 heavy (non-hydrogen) atoms. The minimum atomic E-state index is -0.425. The lowest BCUT2D eigenvalue weighted by molar-refractivity contribution is 0.122. The van der Waals surface area contributed by atoms with Gasteiger partial charge in [0.25, 0.3) is 0 Å². The van der Waals surface area contributed by atoms with Crippen molar-refractivity contribution in [2.75, 3.05) is 39.5 Å². The van der Waals surface area contributed by atoms with Gasteiger partial charge in [-0.15, -0.1) is 0 Å². The number of likely N-dealkylation sites (N-methyl/N-ethyl adjacent to an activating group) is 1. The molecule has 0 amide bonds. The molecule has 1 saturated heterocycles. The van der Waals surface area contributed by atoms with Gasteiger partial charge in [-0.05, 0) is 44.8 Å². The van der Waals surface area contributed by atoms with Crippen LogP contribution in [0.5, 0.6) is 0 Å². The van der Waals surface area contributed by atoms with Crippen LogP contribution < -0.4 is 5.73 Å². The van der Waals surface area contributed by atoms with E-state index in [0.29, 0.717) is 12.6 Å². The van der Waals surface area contributed by atoms with Gasteiger partial charge in [-0.25, -0.2) is 0 Å². The van der Waals surface area contributed by atoms with Crippen LogP contribution in [0, 0.1) is 0 Å². The van der Waals surface area contributed by atoms with Gasteiger partial charge in [0.1, 0.15) is 0 Å². The predicted octanol–water partition coefficient (Wildman–Crippen LogP) is 0.938. The molecule has 1 aromatic rings. The summed E-state index contributed by atoms with van der Waals surface area (Å²) in [5, 5.41) is 10.2. The second kappa shape index (κ2) is 5.69. The Morgan fingerprint density at radius 2 is 2.06 bits per heavy atom. The van der Waals surface area contributed by atoms with Gasteiger partial charge in [0.05, 0.1) is 6.10 Å². The molecule has 3 N–H and O–H groups in total. The number of hydrogen-bond acceptors (Lipinski definition) is 4. The number of nitrogens with two attached hydrogens (primary N) is 1. The Balaban J connectivity index is 1.88. The molecule has 4 heteroatoms. The fourth-order valence-electron chi connectivity index (χ4n) is 2.47. The summed E-state index contributed by atoms with van der Waals surface area (Å²) in [6.45, 7) is 2.81. The number of nitrogen functional groups attached to an aromatic ring is 1. The standard InChI is InChI=1S/C14H23N3O/c1-16(2)13-7-8-17(9-13)10-14(18)11-3-5-12(15)6-4-11/h3-6,13-14,18H,7-10,15H2,1-2H3. The molecular weight excluding hydrogens is 226 g/mol. The number of anilines is 1. The summed E-state index contributed by atoms with van der Waals surface area (Å²) in [4.78, 5) is 4.58. The first kappa shape index (κ1) is 13.3. The van der Waals surface area contributed by atoms with Gasteiger partial charge in [-0.2, -0.15) is 0 Å². The number of rotatable bonds is 4. The molecule has 2 atom stereocenters. The van der Waals surface area contributed by atoms with E-state index >= 15 is 0 Å². The molecule has 0 saturated carbocycles. The number of aliphatic hydroxyl groups excluding tert-OH is 1. The Morgan fingerprint density at radius 3 is 2.61 bits per heavy atom. The van der Waals surface area contributed by atoms with Crippen molar-refractivity contribution in [3.8, 4) is 0 Å². The van der Waals surface area contributed by atoms with Crippen LogP contribution in [0.4, 0.5) is 5.69 Å². The molecule has 0 spiro atoms. The van der Waals surface area contributed by atoms with Gasteiger partial charge in [0.2, 0.25) is 0 Å². The lowest BCUT2D eigenvalue weighted by atomic mass is 10.1. The molecule has 0 bridgehead atoms. The Labute approximate surface area is 109 Å². The van der Waals surface area contributed by atoms with Crippen LogP contribution in [-0.4, -0.2) is 54.7 Å². The van der Waals surface area contributed by atoms with E-state index in [4.69, 9.17) is 5.73 Å². The third kappa shape index (κ3) is 3.22. The molecule has 2 unspecified atom stereocenters. The Bertz CT molecular complexity index is 377. The molecule has 0 aromatic heterocycles. The minimum Gasteiger partial charge on any atom is -0.399 e. The summed E-state index contributed by atoms with van der Waals surface area (Å²) in [5.41, 5.74) is 7.32. The number of β-amino-alcohol motifs (C(OH)–C–C–N with tert-alkyl or cyclic N) is 1. The maximum atomic E-state index is 10.2. The zero-order valence-electron chi connectivity index (χ0n) is 11.2. The highest BCUT2D eigenvalue weighted by Gasteiger charge is 2.25. The van der Waals surface area contributed by atoms with Crippen LogP contribution in [0.2, 0.25) is 0 Å². The Kier molecular flexibility index (Phi) is 4.22. The second-order valence-electron chi connectivity index (χ2n) is 5.35. The Morgan fingerprint density at radius 1 is 1.39 bits per heavy atom. The van der Waals surface area contributed by atoms with Crippen molar-refractivity contribution in [1.82, 2.24) is 9.80 Å². The normalized spacial score (nSPS) is 22.6. The van der Waals surface area contributed by atoms with Crippen molar-refractivity contribution in [3.05, 3.63) is 29.8 Å². The lowest BCUT2D eigenvalue weighted by Gasteiger charge is -2.22. The van der Waals surface area contributed by atoms with Gasteiger partial charge in [0, 0.05) is 24.8 Å². The predicted molar refractivity (Wildman–Crippen MR) is 74.3 cm³/mol. The summed E-state index contributed by atoms with van der Waals surface area (Å²) in [7, 11) is 4.23. The van der Waals surface area contributed by atoms with E-state index < -0.39 is 6.10 Å². The van der Waals surface area contributed by atoms with Crippen molar-refractivity contribution < 1.29 is 5.11 Å². The van der Waals surface area contributed by atoms with Crippen molar-refractivity contribution in [1.29, 1.82) is 0 Å². The molecule has 100 valence electrons. The van der Waals surface area contributed by atoms with Crippen molar-refractivity contribution in [3.63, 3.8) is 0 Å². The maximum Gasteiger partial charge on any atom is 0.0916 e. The van der Waals surface area contributed by atoms with E-state index in [-0.39, 0.29) is 0 Å². The first-order valence-corrected chi connectivity index (χ1v) is 6.48. The van der Waals surface area contributed by atoms with Crippen molar-refractivity contribution in [2.24, 2.45) is 0 Å². The number of benzene rings is 1. The topological polar surface area (TPSA) is 52.7 Å². The third-order valence-corrected chi connectivity index (χ3v) is 3.73.